The van der Waals surface area contributed by atoms with Crippen LogP contribution in [-0.4, -0.2) is 5.54 Å². The molecule has 1 aliphatic rings. The molecule has 0 saturated heterocycles. The first kappa shape index (κ1) is 11.2. The molecule has 2 N–H and O–H groups in total. The zero-order chi connectivity index (χ0) is 11.1. The second-order valence-corrected chi connectivity index (χ2v) is 5.68. The molecule has 0 bridgehead atoms. The Morgan fingerprint density at radius 2 is 2.00 bits per heavy atom. The minimum absolute atomic E-state index is 0.162. The fourth-order valence-electron chi connectivity index (χ4n) is 1.93. The van der Waals surface area contributed by atoms with Gasteiger partial charge in [-0.3, -0.25) is 0 Å². The lowest BCUT2D eigenvalue weighted by atomic mass is 9.97. The van der Waals surface area contributed by atoms with Crippen LogP contribution in [0.4, 0.5) is 0 Å². The van der Waals surface area contributed by atoms with E-state index in [0.717, 1.165) is 12.8 Å². The van der Waals surface area contributed by atoms with Crippen LogP contribution in [0.15, 0.2) is 16.6 Å². The molecule has 2 rings (SSSR count). The Kier molecular flexibility index (Phi) is 2.91. The van der Waals surface area contributed by atoms with Crippen LogP contribution in [0.1, 0.15) is 36.0 Å². The van der Waals surface area contributed by atoms with E-state index in [1.807, 2.05) is 0 Å². The van der Waals surface area contributed by atoms with E-state index in [1.165, 1.54) is 34.0 Å². The van der Waals surface area contributed by atoms with Crippen molar-refractivity contribution in [3.63, 3.8) is 0 Å². The SMILES string of the molecule is Cc1ccc(Br)c(CCC2(N)CC2)c1C. The first-order chi connectivity index (χ1) is 7.02. The number of halogens is 1. The Labute approximate surface area is 100 Å². The summed E-state index contributed by atoms with van der Waals surface area (Å²) in [6.07, 6.45) is 4.63. The Morgan fingerprint density at radius 1 is 1.33 bits per heavy atom. The molecule has 0 spiro atoms. The van der Waals surface area contributed by atoms with Gasteiger partial charge in [-0.25, -0.2) is 0 Å². The second kappa shape index (κ2) is 3.91. The quantitative estimate of drug-likeness (QED) is 0.892. The van der Waals surface area contributed by atoms with Gasteiger partial charge < -0.3 is 5.73 Å². The zero-order valence-corrected chi connectivity index (χ0v) is 11.0. The smallest absolute Gasteiger partial charge is 0.0210 e. The first-order valence-electron chi connectivity index (χ1n) is 5.55. The highest BCUT2D eigenvalue weighted by Crippen LogP contribution is 2.37. The molecule has 0 aromatic heterocycles. The lowest BCUT2D eigenvalue weighted by Gasteiger charge is -2.13. The van der Waals surface area contributed by atoms with Crippen LogP contribution in [0.3, 0.4) is 0 Å². The van der Waals surface area contributed by atoms with Crippen LogP contribution < -0.4 is 5.73 Å². The summed E-state index contributed by atoms with van der Waals surface area (Å²) >= 11 is 3.63. The van der Waals surface area contributed by atoms with Gasteiger partial charge in [0, 0.05) is 10.0 Å². The lowest BCUT2D eigenvalue weighted by molar-refractivity contribution is 0.607. The van der Waals surface area contributed by atoms with Gasteiger partial charge in [0.25, 0.3) is 0 Å². The van der Waals surface area contributed by atoms with E-state index in [2.05, 4.69) is 41.9 Å². The predicted octanol–water partition coefficient (Wildman–Crippen LogP) is 3.49. The summed E-state index contributed by atoms with van der Waals surface area (Å²) in [6, 6.07) is 4.31. The molecule has 0 unspecified atom stereocenters. The van der Waals surface area contributed by atoms with Crippen molar-refractivity contribution in [1.82, 2.24) is 0 Å². The van der Waals surface area contributed by atoms with Crippen molar-refractivity contribution >= 4 is 15.9 Å². The van der Waals surface area contributed by atoms with Crippen LogP contribution in [0.5, 0.6) is 0 Å². The van der Waals surface area contributed by atoms with Crippen LogP contribution in [0, 0.1) is 13.8 Å². The fraction of sp³-hybridized carbons (Fsp3) is 0.538. The first-order valence-corrected chi connectivity index (χ1v) is 6.35. The third kappa shape index (κ3) is 2.43. The Morgan fingerprint density at radius 3 is 2.60 bits per heavy atom. The molecule has 0 aliphatic heterocycles. The minimum Gasteiger partial charge on any atom is -0.325 e. The topological polar surface area (TPSA) is 26.0 Å². The molecule has 0 amide bonds. The Bertz CT molecular complexity index is 380. The van der Waals surface area contributed by atoms with Crippen molar-refractivity contribution in [3.8, 4) is 0 Å². The summed E-state index contributed by atoms with van der Waals surface area (Å²) in [5, 5.41) is 0. The average Bonchev–Trinajstić information content (AvgIpc) is 2.91. The minimum atomic E-state index is 0.162. The summed E-state index contributed by atoms with van der Waals surface area (Å²) in [5.74, 6) is 0. The predicted molar refractivity (Wildman–Crippen MR) is 68.1 cm³/mol. The second-order valence-electron chi connectivity index (χ2n) is 4.83. The largest absolute Gasteiger partial charge is 0.325 e. The molecule has 1 aromatic rings. The van der Waals surface area contributed by atoms with Crippen LogP contribution >= 0.6 is 15.9 Å². The Hall–Kier alpha value is -0.340. The number of hydrogen-bond acceptors (Lipinski definition) is 1. The van der Waals surface area contributed by atoms with Crippen molar-refractivity contribution in [2.45, 2.75) is 45.1 Å². The van der Waals surface area contributed by atoms with Gasteiger partial charge in [-0.1, -0.05) is 22.0 Å². The van der Waals surface area contributed by atoms with Crippen molar-refractivity contribution in [2.75, 3.05) is 0 Å². The Balaban J connectivity index is 2.16. The summed E-state index contributed by atoms with van der Waals surface area (Å²) in [4.78, 5) is 0. The van der Waals surface area contributed by atoms with E-state index in [1.54, 1.807) is 0 Å². The molecule has 1 fully saturated rings. The summed E-state index contributed by atoms with van der Waals surface area (Å²) in [7, 11) is 0. The van der Waals surface area contributed by atoms with Gasteiger partial charge in [-0.15, -0.1) is 0 Å². The van der Waals surface area contributed by atoms with Gasteiger partial charge in [0.15, 0.2) is 0 Å². The van der Waals surface area contributed by atoms with E-state index in [-0.39, 0.29) is 5.54 Å². The average molecular weight is 268 g/mol. The highest BCUT2D eigenvalue weighted by atomic mass is 79.9. The van der Waals surface area contributed by atoms with Gasteiger partial charge >= 0.3 is 0 Å². The van der Waals surface area contributed by atoms with Gasteiger partial charge in [-0.05, 0) is 62.3 Å². The maximum Gasteiger partial charge on any atom is 0.0210 e. The molecule has 1 aliphatic carbocycles. The van der Waals surface area contributed by atoms with Crippen LogP contribution in [0.2, 0.25) is 0 Å². The molecule has 15 heavy (non-hydrogen) atoms. The number of hydrogen-bond donors (Lipinski definition) is 1. The number of rotatable bonds is 3. The van der Waals surface area contributed by atoms with E-state index >= 15 is 0 Å². The zero-order valence-electron chi connectivity index (χ0n) is 9.44. The summed E-state index contributed by atoms with van der Waals surface area (Å²) in [5.41, 5.74) is 10.5. The maximum atomic E-state index is 6.12. The molecule has 0 radical (unpaired) electrons. The monoisotopic (exact) mass is 267 g/mol. The molecular formula is C13H18BrN. The molecule has 1 saturated carbocycles. The summed E-state index contributed by atoms with van der Waals surface area (Å²) in [6.45, 7) is 4.37. The number of aryl methyl sites for hydroxylation is 1. The van der Waals surface area contributed by atoms with E-state index in [0.29, 0.717) is 0 Å². The van der Waals surface area contributed by atoms with Gasteiger partial charge in [-0.2, -0.15) is 0 Å². The van der Waals surface area contributed by atoms with E-state index < -0.39 is 0 Å². The number of benzene rings is 1. The normalized spacial score (nSPS) is 17.9. The van der Waals surface area contributed by atoms with E-state index in [9.17, 15) is 0 Å². The third-order valence-electron chi connectivity index (χ3n) is 3.58. The van der Waals surface area contributed by atoms with Crippen molar-refractivity contribution in [2.24, 2.45) is 5.73 Å². The van der Waals surface area contributed by atoms with Gasteiger partial charge in [0.1, 0.15) is 0 Å². The molecule has 1 aromatic carbocycles. The standard InChI is InChI=1S/C13H18BrN/c1-9-3-4-12(14)11(10(9)2)5-6-13(15)7-8-13/h3-4H,5-8,15H2,1-2H3. The fourth-order valence-corrected chi connectivity index (χ4v) is 2.56. The van der Waals surface area contributed by atoms with Crippen molar-refractivity contribution in [3.05, 3.63) is 33.3 Å². The van der Waals surface area contributed by atoms with Crippen LogP contribution in [-0.2, 0) is 6.42 Å². The molecule has 2 heteroatoms. The highest BCUT2D eigenvalue weighted by molar-refractivity contribution is 9.10. The van der Waals surface area contributed by atoms with Gasteiger partial charge in [0.2, 0.25) is 0 Å². The van der Waals surface area contributed by atoms with E-state index in [4.69, 9.17) is 5.73 Å². The van der Waals surface area contributed by atoms with Crippen molar-refractivity contribution < 1.29 is 0 Å². The van der Waals surface area contributed by atoms with Gasteiger partial charge in [0.05, 0.1) is 0 Å². The molecule has 82 valence electrons. The molecular weight excluding hydrogens is 250 g/mol. The van der Waals surface area contributed by atoms with Crippen molar-refractivity contribution in [1.29, 1.82) is 0 Å². The lowest BCUT2D eigenvalue weighted by Crippen LogP contribution is -2.22. The third-order valence-corrected chi connectivity index (χ3v) is 4.32. The van der Waals surface area contributed by atoms with Crippen LogP contribution in [0.25, 0.3) is 0 Å². The molecule has 0 heterocycles. The molecule has 0 atom stereocenters. The number of nitrogens with two attached hydrogens (primary N) is 1. The molecule has 1 nitrogen and oxygen atoms in total. The summed E-state index contributed by atoms with van der Waals surface area (Å²) < 4.78 is 1.23. The highest BCUT2D eigenvalue weighted by Gasteiger charge is 2.37. The maximum absolute atomic E-state index is 6.12.